The van der Waals surface area contributed by atoms with Gasteiger partial charge in [-0.05, 0) is 42.1 Å². The van der Waals surface area contributed by atoms with E-state index >= 15 is 0 Å². The Morgan fingerprint density at radius 2 is 1.86 bits per heavy atom. The number of nitriles is 1. The number of nitrogens with zero attached hydrogens (tertiary/aromatic N) is 4. The fourth-order valence-electron chi connectivity index (χ4n) is 3.62. The van der Waals surface area contributed by atoms with E-state index in [0.29, 0.717) is 25.2 Å². The largest absolute Gasteiger partial charge is 0.364 e. The van der Waals surface area contributed by atoms with Crippen molar-refractivity contribution in [1.82, 2.24) is 14.3 Å². The van der Waals surface area contributed by atoms with Gasteiger partial charge in [-0.15, -0.1) is 24.2 Å². The van der Waals surface area contributed by atoms with Gasteiger partial charge in [-0.2, -0.15) is 5.26 Å². The molecule has 2 aromatic heterocycles. The average molecular weight is 532 g/mol. The standard InChI is InChI=1S/C18H17N5OS2.C7H8.C2H6.C2H2/c19-9-14-3-4-17-15(8-14)11-23(26(24)18-2-1-7-25-18)6-5-22(17)12-16-10-20-13-21-16;1-7-5-3-2-4-6-7;2*1-2/h1-4,7-8,10,13H,5-6,11-12H2,(H,20,21);2-6H,1H3;1-2H3;1-2H. The molecule has 1 unspecified atom stereocenters. The number of aromatic amines is 1. The van der Waals surface area contributed by atoms with Gasteiger partial charge in [-0.1, -0.05) is 55.8 Å². The Balaban J connectivity index is 0.000000371. The normalized spacial score (nSPS) is 13.0. The van der Waals surface area contributed by atoms with E-state index in [4.69, 9.17) is 0 Å². The van der Waals surface area contributed by atoms with E-state index < -0.39 is 11.0 Å². The van der Waals surface area contributed by atoms with Gasteiger partial charge in [0, 0.05) is 31.5 Å². The van der Waals surface area contributed by atoms with E-state index in [9.17, 15) is 9.47 Å². The molecule has 3 heterocycles. The molecule has 0 saturated heterocycles. The molecule has 1 aliphatic heterocycles. The van der Waals surface area contributed by atoms with Crippen molar-refractivity contribution < 1.29 is 4.21 Å². The van der Waals surface area contributed by atoms with Gasteiger partial charge >= 0.3 is 0 Å². The second-order valence-corrected chi connectivity index (χ2v) is 10.3. The minimum absolute atomic E-state index is 0.550. The van der Waals surface area contributed by atoms with E-state index in [1.165, 1.54) is 16.9 Å². The summed E-state index contributed by atoms with van der Waals surface area (Å²) in [6, 6.07) is 22.0. The molecule has 1 atom stereocenters. The molecule has 0 radical (unpaired) electrons. The quantitative estimate of drug-likeness (QED) is 0.320. The molecule has 8 heteroatoms. The predicted molar refractivity (Wildman–Crippen MR) is 154 cm³/mol. The minimum atomic E-state index is -1.20. The van der Waals surface area contributed by atoms with Crippen molar-refractivity contribution in [2.24, 2.45) is 0 Å². The van der Waals surface area contributed by atoms with Gasteiger partial charge < -0.3 is 9.88 Å². The number of terminal acetylenes is 1. The highest BCUT2D eigenvalue weighted by molar-refractivity contribution is 7.85. The maximum absolute atomic E-state index is 12.9. The number of hydrogen-bond acceptors (Lipinski definition) is 5. The van der Waals surface area contributed by atoms with Crippen molar-refractivity contribution in [3.63, 3.8) is 0 Å². The first-order valence-electron chi connectivity index (χ1n) is 11.9. The number of fused-ring (bicyclic) bond motifs is 1. The topological polar surface area (TPSA) is 76.0 Å². The number of aromatic nitrogens is 2. The SMILES string of the molecule is C#C.CC.Cc1ccccc1.N#Cc1ccc2c(c1)CN(S(=O)c1cccs1)CCN2Cc1cnc[nH]1. The maximum Gasteiger partial charge on any atom is 0.138 e. The van der Waals surface area contributed by atoms with Crippen LogP contribution < -0.4 is 4.90 Å². The summed E-state index contributed by atoms with van der Waals surface area (Å²) in [5.41, 5.74) is 5.06. The molecule has 0 saturated carbocycles. The Kier molecular flexibility index (Phi) is 12.9. The summed E-state index contributed by atoms with van der Waals surface area (Å²) >= 11 is 1.50. The van der Waals surface area contributed by atoms with Crippen molar-refractivity contribution in [3.05, 3.63) is 101 Å². The second-order valence-electron chi connectivity index (χ2n) is 7.65. The van der Waals surface area contributed by atoms with E-state index in [1.807, 2.05) is 78.3 Å². The molecule has 0 aliphatic carbocycles. The lowest BCUT2D eigenvalue weighted by molar-refractivity contribution is 0.455. The molecule has 4 aromatic rings. The number of thiophene rings is 1. The highest BCUT2D eigenvalue weighted by atomic mass is 32.2. The highest BCUT2D eigenvalue weighted by Crippen LogP contribution is 2.29. The van der Waals surface area contributed by atoms with Crippen LogP contribution in [0.1, 0.15) is 36.2 Å². The van der Waals surface area contributed by atoms with Crippen LogP contribution in [-0.4, -0.2) is 31.6 Å². The molecule has 6 nitrogen and oxygen atoms in total. The average Bonchev–Trinajstić information content (AvgIpc) is 3.65. The number of benzene rings is 2. The van der Waals surface area contributed by atoms with Crippen molar-refractivity contribution in [3.8, 4) is 18.9 Å². The van der Waals surface area contributed by atoms with Crippen LogP contribution in [0.3, 0.4) is 0 Å². The van der Waals surface area contributed by atoms with Gasteiger partial charge in [-0.3, -0.25) is 0 Å². The van der Waals surface area contributed by atoms with Crippen LogP contribution in [0.25, 0.3) is 0 Å². The number of anilines is 1. The van der Waals surface area contributed by atoms with Gasteiger partial charge in [0.05, 0.1) is 30.2 Å². The fourth-order valence-corrected chi connectivity index (χ4v) is 5.83. The molecular formula is C29H33N5OS2. The Hall–Kier alpha value is -3.69. The third kappa shape index (κ3) is 8.73. The third-order valence-corrected chi connectivity index (χ3v) is 7.91. The Bertz CT molecular complexity index is 1260. The van der Waals surface area contributed by atoms with Crippen LogP contribution in [0.2, 0.25) is 0 Å². The van der Waals surface area contributed by atoms with Crippen LogP contribution in [-0.2, 0) is 24.1 Å². The number of hydrogen-bond donors (Lipinski definition) is 1. The Labute approximate surface area is 227 Å². The zero-order valence-electron chi connectivity index (χ0n) is 21.5. The summed E-state index contributed by atoms with van der Waals surface area (Å²) in [4.78, 5) is 9.47. The van der Waals surface area contributed by atoms with Crippen molar-refractivity contribution in [2.45, 2.75) is 38.1 Å². The number of rotatable bonds is 4. The molecular weight excluding hydrogens is 498 g/mol. The fraction of sp³-hybridized carbons (Fsp3) is 0.241. The molecule has 0 amide bonds. The van der Waals surface area contributed by atoms with Gasteiger partial charge in [0.15, 0.2) is 0 Å². The molecule has 1 N–H and O–H groups in total. The third-order valence-electron chi connectivity index (χ3n) is 5.27. The van der Waals surface area contributed by atoms with Crippen LogP contribution in [0.5, 0.6) is 0 Å². The van der Waals surface area contributed by atoms with Gasteiger partial charge in [-0.25, -0.2) is 13.5 Å². The summed E-state index contributed by atoms with van der Waals surface area (Å²) in [7, 11) is -1.20. The Morgan fingerprint density at radius 1 is 1.11 bits per heavy atom. The second kappa shape index (κ2) is 16.1. The van der Waals surface area contributed by atoms with Gasteiger partial charge in [0.2, 0.25) is 0 Å². The highest BCUT2D eigenvalue weighted by Gasteiger charge is 2.25. The zero-order valence-corrected chi connectivity index (χ0v) is 23.1. The number of imidazole rings is 1. The number of H-pyrrole nitrogens is 1. The predicted octanol–water partition coefficient (Wildman–Crippen LogP) is 6.16. The zero-order chi connectivity index (χ0) is 27.0. The summed E-state index contributed by atoms with van der Waals surface area (Å²) in [5, 5.41) is 11.2. The smallest absolute Gasteiger partial charge is 0.138 e. The van der Waals surface area contributed by atoms with Crippen LogP contribution >= 0.6 is 11.3 Å². The van der Waals surface area contributed by atoms with Crippen molar-refractivity contribution in [1.29, 1.82) is 5.26 Å². The first kappa shape index (κ1) is 29.5. The lowest BCUT2D eigenvalue weighted by Gasteiger charge is -2.24. The van der Waals surface area contributed by atoms with Crippen LogP contribution in [0, 0.1) is 31.1 Å². The first-order valence-corrected chi connectivity index (χ1v) is 13.9. The molecule has 0 fully saturated rings. The van der Waals surface area contributed by atoms with Gasteiger partial charge in [0.1, 0.15) is 15.2 Å². The van der Waals surface area contributed by atoms with Crippen molar-refractivity contribution >= 4 is 28.0 Å². The first-order chi connectivity index (χ1) is 18.1. The lowest BCUT2D eigenvalue weighted by atomic mass is 10.1. The van der Waals surface area contributed by atoms with E-state index in [0.717, 1.165) is 27.7 Å². The lowest BCUT2D eigenvalue weighted by Crippen LogP contribution is -2.32. The molecule has 0 spiro atoms. The minimum Gasteiger partial charge on any atom is -0.364 e. The van der Waals surface area contributed by atoms with Crippen molar-refractivity contribution in [2.75, 3.05) is 18.0 Å². The molecule has 37 heavy (non-hydrogen) atoms. The summed E-state index contributed by atoms with van der Waals surface area (Å²) < 4.78 is 15.8. The number of nitrogens with one attached hydrogen (secondary N) is 1. The molecule has 192 valence electrons. The van der Waals surface area contributed by atoms with E-state index in [-0.39, 0.29) is 0 Å². The summed E-state index contributed by atoms with van der Waals surface area (Å²) in [6.07, 6.45) is 11.5. The van der Waals surface area contributed by atoms with Gasteiger partial charge in [0.25, 0.3) is 0 Å². The van der Waals surface area contributed by atoms with E-state index in [1.54, 1.807) is 6.33 Å². The molecule has 0 bridgehead atoms. The molecule has 5 rings (SSSR count). The monoisotopic (exact) mass is 531 g/mol. The molecule has 2 aromatic carbocycles. The summed E-state index contributed by atoms with van der Waals surface area (Å²) in [6.45, 7) is 8.75. The number of aryl methyl sites for hydroxylation is 1. The van der Waals surface area contributed by atoms with Crippen LogP contribution in [0.15, 0.2) is 82.8 Å². The van der Waals surface area contributed by atoms with Crippen LogP contribution in [0.4, 0.5) is 5.69 Å². The van der Waals surface area contributed by atoms with E-state index in [2.05, 4.69) is 52.8 Å². The maximum atomic E-state index is 12.9. The molecule has 1 aliphatic rings. The Morgan fingerprint density at radius 3 is 2.43 bits per heavy atom. The summed E-state index contributed by atoms with van der Waals surface area (Å²) in [5.74, 6) is 0.